The van der Waals surface area contributed by atoms with Gasteiger partial charge in [0.15, 0.2) is 0 Å². The molecule has 1 rings (SSSR count). The van der Waals surface area contributed by atoms with Crippen LogP contribution < -0.4 is 15.4 Å². The number of rotatable bonds is 6. The van der Waals surface area contributed by atoms with Gasteiger partial charge in [-0.15, -0.1) is 0 Å². The first-order chi connectivity index (χ1) is 8.58. The fourth-order valence-electron chi connectivity index (χ4n) is 1.78. The Morgan fingerprint density at radius 2 is 1.89 bits per heavy atom. The highest BCUT2D eigenvalue weighted by Crippen LogP contribution is 2.17. The van der Waals surface area contributed by atoms with Gasteiger partial charge in [0.25, 0.3) is 0 Å². The fraction of sp³-hybridized carbons (Fsp3) is 0.500. The zero-order chi connectivity index (χ0) is 13.5. The summed E-state index contributed by atoms with van der Waals surface area (Å²) in [6.45, 7) is 6.52. The van der Waals surface area contributed by atoms with Crippen molar-refractivity contribution >= 4 is 5.91 Å². The van der Waals surface area contributed by atoms with Gasteiger partial charge in [0.1, 0.15) is 5.75 Å². The Hall–Kier alpha value is -1.55. The van der Waals surface area contributed by atoms with Crippen LogP contribution in [-0.2, 0) is 4.79 Å². The average Bonchev–Trinajstić information content (AvgIpc) is 2.38. The second-order valence-corrected chi connectivity index (χ2v) is 4.23. The molecule has 2 unspecified atom stereocenters. The Labute approximate surface area is 109 Å². The van der Waals surface area contributed by atoms with E-state index in [2.05, 4.69) is 10.6 Å². The first-order valence-corrected chi connectivity index (χ1v) is 6.28. The van der Waals surface area contributed by atoms with Gasteiger partial charge in [-0.25, -0.2) is 0 Å². The minimum atomic E-state index is -0.212. The topological polar surface area (TPSA) is 50.4 Å². The van der Waals surface area contributed by atoms with Gasteiger partial charge in [0.05, 0.1) is 12.6 Å². The lowest BCUT2D eigenvalue weighted by atomic mass is 10.1. The lowest BCUT2D eigenvalue weighted by molar-refractivity contribution is -0.122. The van der Waals surface area contributed by atoms with Crippen molar-refractivity contribution < 1.29 is 9.53 Å². The highest BCUT2D eigenvalue weighted by Gasteiger charge is 2.14. The number of hydrogen-bond donors (Lipinski definition) is 2. The van der Waals surface area contributed by atoms with Crippen LogP contribution in [0.3, 0.4) is 0 Å². The van der Waals surface area contributed by atoms with Crippen molar-refractivity contribution in [3.8, 4) is 5.75 Å². The smallest absolute Gasteiger partial charge is 0.236 e. The third kappa shape index (κ3) is 4.04. The molecule has 0 bridgehead atoms. The summed E-state index contributed by atoms with van der Waals surface area (Å²) in [6, 6.07) is 7.83. The predicted octanol–water partition coefficient (Wildman–Crippen LogP) is 1.87. The van der Waals surface area contributed by atoms with Gasteiger partial charge in [0.2, 0.25) is 5.91 Å². The number of nitrogens with one attached hydrogen (secondary N) is 2. The van der Waals surface area contributed by atoms with Crippen LogP contribution in [0.25, 0.3) is 0 Å². The van der Waals surface area contributed by atoms with Crippen molar-refractivity contribution in [3.63, 3.8) is 0 Å². The van der Waals surface area contributed by atoms with Crippen LogP contribution in [0.5, 0.6) is 5.75 Å². The Morgan fingerprint density at radius 3 is 2.39 bits per heavy atom. The third-order valence-corrected chi connectivity index (χ3v) is 2.83. The molecule has 1 aromatic rings. The van der Waals surface area contributed by atoms with Crippen molar-refractivity contribution in [3.05, 3.63) is 29.8 Å². The van der Waals surface area contributed by atoms with Crippen LogP contribution in [0.15, 0.2) is 24.3 Å². The van der Waals surface area contributed by atoms with Crippen molar-refractivity contribution in [2.45, 2.75) is 32.9 Å². The predicted molar refractivity (Wildman–Crippen MR) is 72.7 cm³/mol. The van der Waals surface area contributed by atoms with Crippen LogP contribution >= 0.6 is 0 Å². The lowest BCUT2D eigenvalue weighted by Gasteiger charge is -2.19. The largest absolute Gasteiger partial charge is 0.494 e. The van der Waals surface area contributed by atoms with Gasteiger partial charge in [-0.1, -0.05) is 12.1 Å². The molecule has 0 aromatic heterocycles. The lowest BCUT2D eigenvalue weighted by Crippen LogP contribution is -2.41. The molecule has 0 saturated heterocycles. The standard InChI is InChI=1S/C14H22N2O2/c1-5-18-13-8-6-12(7-9-13)10(2)16-11(3)14(17)15-4/h6-11,16H,5H2,1-4H3,(H,15,17). The van der Waals surface area contributed by atoms with Crippen molar-refractivity contribution in [1.82, 2.24) is 10.6 Å². The van der Waals surface area contributed by atoms with E-state index in [0.29, 0.717) is 6.61 Å². The molecule has 4 nitrogen and oxygen atoms in total. The molecule has 2 atom stereocenters. The van der Waals surface area contributed by atoms with Crippen LogP contribution in [0.4, 0.5) is 0 Å². The Kier molecular flexibility index (Phi) is 5.65. The Morgan fingerprint density at radius 1 is 1.28 bits per heavy atom. The van der Waals surface area contributed by atoms with Crippen molar-refractivity contribution in [2.75, 3.05) is 13.7 Å². The molecule has 0 spiro atoms. The molecular weight excluding hydrogens is 228 g/mol. The SMILES string of the molecule is CCOc1ccc(C(C)NC(C)C(=O)NC)cc1. The van der Waals surface area contributed by atoms with E-state index in [1.54, 1.807) is 7.05 Å². The maximum absolute atomic E-state index is 11.4. The molecule has 0 aliphatic carbocycles. The normalized spacial score (nSPS) is 13.8. The van der Waals surface area contributed by atoms with Gasteiger partial charge in [-0.3, -0.25) is 10.1 Å². The van der Waals surface area contributed by atoms with E-state index in [1.807, 2.05) is 45.0 Å². The van der Waals surface area contributed by atoms with E-state index < -0.39 is 0 Å². The van der Waals surface area contributed by atoms with Gasteiger partial charge in [0, 0.05) is 13.1 Å². The quantitative estimate of drug-likeness (QED) is 0.810. The fourth-order valence-corrected chi connectivity index (χ4v) is 1.78. The average molecular weight is 250 g/mol. The van der Waals surface area contributed by atoms with E-state index in [-0.39, 0.29) is 18.0 Å². The first kappa shape index (κ1) is 14.5. The molecule has 1 amide bonds. The number of amides is 1. The van der Waals surface area contributed by atoms with E-state index in [9.17, 15) is 4.79 Å². The maximum Gasteiger partial charge on any atom is 0.236 e. The maximum atomic E-state index is 11.4. The second-order valence-electron chi connectivity index (χ2n) is 4.23. The molecule has 2 N–H and O–H groups in total. The number of hydrogen-bond acceptors (Lipinski definition) is 3. The summed E-state index contributed by atoms with van der Waals surface area (Å²) in [4.78, 5) is 11.4. The molecule has 18 heavy (non-hydrogen) atoms. The number of benzene rings is 1. The summed E-state index contributed by atoms with van der Waals surface area (Å²) in [5.41, 5.74) is 1.13. The van der Waals surface area contributed by atoms with E-state index in [1.165, 1.54) is 0 Å². The van der Waals surface area contributed by atoms with E-state index in [4.69, 9.17) is 4.74 Å². The van der Waals surface area contributed by atoms with E-state index >= 15 is 0 Å². The van der Waals surface area contributed by atoms with Crippen LogP contribution in [-0.4, -0.2) is 25.6 Å². The molecule has 0 heterocycles. The summed E-state index contributed by atoms with van der Waals surface area (Å²) in [5, 5.41) is 5.87. The summed E-state index contributed by atoms with van der Waals surface area (Å²) >= 11 is 0. The van der Waals surface area contributed by atoms with Crippen molar-refractivity contribution in [2.24, 2.45) is 0 Å². The molecular formula is C14H22N2O2. The zero-order valence-corrected chi connectivity index (χ0v) is 11.5. The minimum Gasteiger partial charge on any atom is -0.494 e. The van der Waals surface area contributed by atoms with Gasteiger partial charge < -0.3 is 10.1 Å². The number of carbonyl (C=O) groups is 1. The second kappa shape index (κ2) is 7.01. The number of ether oxygens (including phenoxy) is 1. The van der Waals surface area contributed by atoms with Crippen LogP contribution in [0.1, 0.15) is 32.4 Å². The zero-order valence-electron chi connectivity index (χ0n) is 11.5. The molecule has 4 heteroatoms. The van der Waals surface area contributed by atoms with Gasteiger partial charge >= 0.3 is 0 Å². The van der Waals surface area contributed by atoms with Crippen LogP contribution in [0.2, 0.25) is 0 Å². The minimum absolute atomic E-state index is 0.00668. The van der Waals surface area contributed by atoms with Gasteiger partial charge in [-0.05, 0) is 38.5 Å². The van der Waals surface area contributed by atoms with Crippen molar-refractivity contribution in [1.29, 1.82) is 0 Å². The Balaban J connectivity index is 2.61. The molecule has 0 aliphatic heterocycles. The Bertz CT molecular complexity index is 376. The number of likely N-dealkylation sites (N-methyl/N-ethyl adjacent to an activating group) is 1. The first-order valence-electron chi connectivity index (χ1n) is 6.28. The summed E-state index contributed by atoms with van der Waals surface area (Å²) in [7, 11) is 1.64. The summed E-state index contributed by atoms with van der Waals surface area (Å²) in [6.07, 6.45) is 0. The molecule has 0 aliphatic rings. The molecule has 0 fully saturated rings. The highest BCUT2D eigenvalue weighted by molar-refractivity contribution is 5.80. The molecule has 0 saturated carbocycles. The molecule has 1 aromatic carbocycles. The molecule has 0 radical (unpaired) electrons. The third-order valence-electron chi connectivity index (χ3n) is 2.83. The van der Waals surface area contributed by atoms with Crippen LogP contribution in [0, 0.1) is 0 Å². The number of carbonyl (C=O) groups excluding carboxylic acids is 1. The van der Waals surface area contributed by atoms with E-state index in [0.717, 1.165) is 11.3 Å². The van der Waals surface area contributed by atoms with Gasteiger partial charge in [-0.2, -0.15) is 0 Å². The highest BCUT2D eigenvalue weighted by atomic mass is 16.5. The molecule has 100 valence electrons. The summed E-state index contributed by atoms with van der Waals surface area (Å²) in [5.74, 6) is 0.862. The summed E-state index contributed by atoms with van der Waals surface area (Å²) < 4.78 is 5.39. The monoisotopic (exact) mass is 250 g/mol.